The standard InChI is InChI=1S/C26H40O2S/c1-7-8-9-10-13-25(3,4)19-15-22(27)24-20-14-18(17(2)29)11-12-21(20)26(5,6)28-23(24)16-19/h11,15-17,20-21,27,29H,7-10,12-14H2,1-6H3. The highest BCUT2D eigenvalue weighted by Gasteiger charge is 2.46. The minimum Gasteiger partial charge on any atom is -0.508 e. The predicted octanol–water partition coefficient (Wildman–Crippen LogP) is 7.55. The van der Waals surface area contributed by atoms with Gasteiger partial charge in [0, 0.05) is 22.6 Å². The lowest BCUT2D eigenvalue weighted by molar-refractivity contribution is 0.00725. The van der Waals surface area contributed by atoms with Crippen molar-refractivity contribution in [2.75, 3.05) is 0 Å². The van der Waals surface area contributed by atoms with Crippen LogP contribution in [0.3, 0.4) is 0 Å². The summed E-state index contributed by atoms with van der Waals surface area (Å²) >= 11 is 4.68. The highest BCUT2D eigenvalue weighted by atomic mass is 32.1. The van der Waals surface area contributed by atoms with Gasteiger partial charge in [0.25, 0.3) is 0 Å². The molecule has 0 amide bonds. The second-order valence-electron chi connectivity index (χ2n) is 10.4. The molecule has 0 saturated heterocycles. The molecule has 0 aromatic heterocycles. The summed E-state index contributed by atoms with van der Waals surface area (Å²) in [6.07, 6.45) is 10.5. The molecule has 2 nitrogen and oxygen atoms in total. The first-order chi connectivity index (χ1) is 13.6. The van der Waals surface area contributed by atoms with Crippen LogP contribution in [-0.2, 0) is 5.41 Å². The van der Waals surface area contributed by atoms with Crippen molar-refractivity contribution < 1.29 is 9.84 Å². The molecule has 3 rings (SSSR count). The van der Waals surface area contributed by atoms with Crippen LogP contribution < -0.4 is 4.74 Å². The molecule has 162 valence electrons. The number of aromatic hydroxyl groups is 1. The van der Waals surface area contributed by atoms with Crippen molar-refractivity contribution in [2.24, 2.45) is 5.92 Å². The van der Waals surface area contributed by atoms with Crippen LogP contribution in [0.4, 0.5) is 0 Å². The monoisotopic (exact) mass is 416 g/mol. The summed E-state index contributed by atoms with van der Waals surface area (Å²) in [6, 6.07) is 4.23. The van der Waals surface area contributed by atoms with Crippen LogP contribution in [0.5, 0.6) is 11.5 Å². The Kier molecular flexibility index (Phi) is 6.68. The summed E-state index contributed by atoms with van der Waals surface area (Å²) in [5, 5.41) is 11.4. The maximum atomic E-state index is 11.1. The van der Waals surface area contributed by atoms with E-state index in [1.165, 1.54) is 36.8 Å². The minimum atomic E-state index is -0.240. The molecular weight excluding hydrogens is 376 g/mol. The van der Waals surface area contributed by atoms with Crippen molar-refractivity contribution in [1.82, 2.24) is 0 Å². The number of allylic oxidation sites excluding steroid dienone is 1. The summed E-state index contributed by atoms with van der Waals surface area (Å²) in [5.74, 6) is 1.98. The van der Waals surface area contributed by atoms with Crippen molar-refractivity contribution in [3.8, 4) is 11.5 Å². The molecule has 0 saturated carbocycles. The Hall–Kier alpha value is -1.09. The van der Waals surface area contributed by atoms with Gasteiger partial charge in [0.1, 0.15) is 17.1 Å². The zero-order chi connectivity index (χ0) is 21.4. The summed E-state index contributed by atoms with van der Waals surface area (Å²) < 4.78 is 6.54. The largest absolute Gasteiger partial charge is 0.508 e. The van der Waals surface area contributed by atoms with Crippen LogP contribution >= 0.6 is 12.6 Å². The molecule has 29 heavy (non-hydrogen) atoms. The molecule has 1 aliphatic carbocycles. The number of ether oxygens (including phenoxy) is 1. The van der Waals surface area contributed by atoms with Crippen LogP contribution in [0.15, 0.2) is 23.8 Å². The molecule has 2 aliphatic rings. The van der Waals surface area contributed by atoms with Gasteiger partial charge in [-0.25, -0.2) is 0 Å². The molecular formula is C26H40O2S. The van der Waals surface area contributed by atoms with Gasteiger partial charge >= 0.3 is 0 Å². The number of benzene rings is 1. The van der Waals surface area contributed by atoms with Gasteiger partial charge in [0.15, 0.2) is 0 Å². The molecule has 3 heteroatoms. The third-order valence-electron chi connectivity index (χ3n) is 7.31. The topological polar surface area (TPSA) is 29.5 Å². The molecule has 0 fully saturated rings. The van der Waals surface area contributed by atoms with Crippen molar-refractivity contribution in [3.05, 3.63) is 34.9 Å². The van der Waals surface area contributed by atoms with Crippen molar-refractivity contribution >= 4 is 12.6 Å². The Bertz CT molecular complexity index is 760. The Morgan fingerprint density at radius 1 is 1.24 bits per heavy atom. The van der Waals surface area contributed by atoms with Gasteiger partial charge < -0.3 is 9.84 Å². The van der Waals surface area contributed by atoms with E-state index in [4.69, 9.17) is 4.74 Å². The lowest BCUT2D eigenvalue weighted by atomic mass is 9.66. The number of thiol groups is 1. The average Bonchev–Trinajstić information content (AvgIpc) is 2.64. The fourth-order valence-electron chi connectivity index (χ4n) is 5.29. The summed E-state index contributed by atoms with van der Waals surface area (Å²) in [4.78, 5) is 0. The Morgan fingerprint density at radius 3 is 2.62 bits per heavy atom. The maximum absolute atomic E-state index is 11.1. The van der Waals surface area contributed by atoms with Crippen LogP contribution in [0.2, 0.25) is 0 Å². The molecule has 1 aromatic rings. The van der Waals surface area contributed by atoms with E-state index >= 15 is 0 Å². The third kappa shape index (κ3) is 4.65. The van der Waals surface area contributed by atoms with Crippen LogP contribution in [0, 0.1) is 5.92 Å². The fraction of sp³-hybridized carbons (Fsp3) is 0.692. The summed E-state index contributed by atoms with van der Waals surface area (Å²) in [7, 11) is 0. The van der Waals surface area contributed by atoms with E-state index in [0.717, 1.165) is 30.6 Å². The van der Waals surface area contributed by atoms with Gasteiger partial charge in [-0.3, -0.25) is 0 Å². The summed E-state index contributed by atoms with van der Waals surface area (Å²) in [6.45, 7) is 13.4. The number of fused-ring (bicyclic) bond motifs is 3. The van der Waals surface area contributed by atoms with Crippen molar-refractivity contribution in [1.29, 1.82) is 0 Å². The van der Waals surface area contributed by atoms with E-state index in [9.17, 15) is 5.11 Å². The first kappa shape index (κ1) is 22.6. The molecule has 1 aliphatic heterocycles. The van der Waals surface area contributed by atoms with Crippen LogP contribution in [0.1, 0.15) is 104 Å². The van der Waals surface area contributed by atoms with Crippen LogP contribution in [-0.4, -0.2) is 16.0 Å². The van der Waals surface area contributed by atoms with E-state index < -0.39 is 0 Å². The Morgan fingerprint density at radius 2 is 1.97 bits per heavy atom. The molecule has 3 unspecified atom stereocenters. The molecule has 1 aromatic carbocycles. The highest BCUT2D eigenvalue weighted by Crippen LogP contribution is 2.55. The number of rotatable bonds is 7. The normalized spacial score (nSPS) is 24.2. The molecule has 0 radical (unpaired) electrons. The molecule has 0 spiro atoms. The van der Waals surface area contributed by atoms with Crippen molar-refractivity contribution in [2.45, 2.75) is 109 Å². The quantitative estimate of drug-likeness (QED) is 0.273. The smallest absolute Gasteiger partial charge is 0.127 e. The lowest BCUT2D eigenvalue weighted by Gasteiger charge is -2.47. The van der Waals surface area contributed by atoms with Crippen molar-refractivity contribution in [3.63, 3.8) is 0 Å². The number of hydrogen-bond acceptors (Lipinski definition) is 3. The number of hydrogen-bond donors (Lipinski definition) is 2. The molecule has 1 heterocycles. The minimum absolute atomic E-state index is 0.0296. The number of phenols is 1. The van der Waals surface area contributed by atoms with Gasteiger partial charge in [-0.15, -0.1) is 0 Å². The van der Waals surface area contributed by atoms with E-state index in [-0.39, 0.29) is 16.3 Å². The van der Waals surface area contributed by atoms with Gasteiger partial charge in [0.05, 0.1) is 0 Å². The first-order valence-corrected chi connectivity index (χ1v) is 12.0. The Balaban J connectivity index is 1.94. The van der Waals surface area contributed by atoms with E-state index in [1.807, 2.05) is 6.07 Å². The first-order valence-electron chi connectivity index (χ1n) is 11.5. The van der Waals surface area contributed by atoms with Gasteiger partial charge in [0.2, 0.25) is 0 Å². The van der Waals surface area contributed by atoms with Crippen LogP contribution in [0.25, 0.3) is 0 Å². The highest BCUT2D eigenvalue weighted by molar-refractivity contribution is 7.81. The summed E-state index contributed by atoms with van der Waals surface area (Å²) in [5.41, 5.74) is 3.38. The molecule has 1 N–H and O–H groups in total. The average molecular weight is 417 g/mol. The van der Waals surface area contributed by atoms with Gasteiger partial charge in [-0.1, -0.05) is 58.1 Å². The van der Waals surface area contributed by atoms with Gasteiger partial charge in [-0.05, 0) is 63.1 Å². The third-order valence-corrected chi connectivity index (χ3v) is 7.64. The molecule has 3 atom stereocenters. The lowest BCUT2D eigenvalue weighted by Crippen LogP contribution is -2.45. The van der Waals surface area contributed by atoms with E-state index in [2.05, 4.69) is 66.3 Å². The zero-order valence-corrected chi connectivity index (χ0v) is 20.1. The SMILES string of the molecule is CCCCCCC(C)(C)c1cc(O)c2c(c1)OC(C)(C)C1CC=C(C(C)S)CC21. The second kappa shape index (κ2) is 8.57. The van der Waals surface area contributed by atoms with Gasteiger partial charge in [-0.2, -0.15) is 12.6 Å². The fourth-order valence-corrected chi connectivity index (χ4v) is 5.50. The maximum Gasteiger partial charge on any atom is 0.127 e. The second-order valence-corrected chi connectivity index (χ2v) is 11.2. The zero-order valence-electron chi connectivity index (χ0n) is 19.2. The Labute approximate surface area is 183 Å². The predicted molar refractivity (Wildman–Crippen MR) is 127 cm³/mol. The number of phenolic OH excluding ortho intramolecular Hbond substituents is 1. The molecule has 0 bridgehead atoms. The number of unbranched alkanes of at least 4 members (excludes halogenated alkanes) is 3. The van der Waals surface area contributed by atoms with E-state index in [1.54, 1.807) is 0 Å². The van der Waals surface area contributed by atoms with E-state index in [0.29, 0.717) is 17.6 Å².